The number of hydrogen-bond acceptors (Lipinski definition) is 3. The van der Waals surface area contributed by atoms with Gasteiger partial charge in [-0.15, -0.1) is 0 Å². The highest BCUT2D eigenvalue weighted by molar-refractivity contribution is 6.42. The lowest BCUT2D eigenvalue weighted by molar-refractivity contribution is -0.126. The number of carbonyl (C=O) groups excluding carboxylic acids is 2. The number of rotatable bonds is 6. The molecule has 1 heterocycles. The molecular formula is C21H22Cl3N3O2. The minimum atomic E-state index is -0.117. The van der Waals surface area contributed by atoms with Gasteiger partial charge in [0.25, 0.3) is 0 Å². The summed E-state index contributed by atoms with van der Waals surface area (Å²) in [7, 11) is 0. The summed E-state index contributed by atoms with van der Waals surface area (Å²) >= 11 is 17.7. The molecule has 1 aliphatic heterocycles. The second-order valence-electron chi connectivity index (χ2n) is 7.07. The third kappa shape index (κ3) is 6.61. The first-order valence-corrected chi connectivity index (χ1v) is 10.5. The van der Waals surface area contributed by atoms with Gasteiger partial charge in [0, 0.05) is 23.2 Å². The van der Waals surface area contributed by atoms with E-state index < -0.39 is 0 Å². The molecule has 2 N–H and O–H groups in total. The first-order valence-electron chi connectivity index (χ1n) is 9.40. The molecule has 1 saturated heterocycles. The summed E-state index contributed by atoms with van der Waals surface area (Å²) in [6, 6.07) is 12.4. The molecule has 3 rings (SSSR count). The molecule has 5 nitrogen and oxygen atoms in total. The lowest BCUT2D eigenvalue weighted by Gasteiger charge is -2.30. The van der Waals surface area contributed by atoms with Gasteiger partial charge in [-0.1, -0.05) is 46.9 Å². The Kier molecular flexibility index (Phi) is 7.78. The molecule has 1 fully saturated rings. The van der Waals surface area contributed by atoms with Gasteiger partial charge in [0.2, 0.25) is 11.8 Å². The van der Waals surface area contributed by atoms with Gasteiger partial charge in [0.15, 0.2) is 0 Å². The summed E-state index contributed by atoms with van der Waals surface area (Å²) in [6.07, 6.45) is 1.46. The van der Waals surface area contributed by atoms with E-state index in [1.165, 1.54) is 0 Å². The van der Waals surface area contributed by atoms with Gasteiger partial charge in [0.1, 0.15) is 0 Å². The van der Waals surface area contributed by atoms with E-state index >= 15 is 0 Å². The van der Waals surface area contributed by atoms with Crippen LogP contribution in [0.25, 0.3) is 0 Å². The van der Waals surface area contributed by atoms with Gasteiger partial charge in [-0.05, 0) is 61.8 Å². The zero-order chi connectivity index (χ0) is 20.8. The second kappa shape index (κ2) is 10.3. The first kappa shape index (κ1) is 21.9. The third-order valence-corrected chi connectivity index (χ3v) is 5.90. The molecule has 2 amide bonds. The highest BCUT2D eigenvalue weighted by Crippen LogP contribution is 2.25. The molecule has 2 aromatic rings. The van der Waals surface area contributed by atoms with Crippen molar-refractivity contribution in [2.45, 2.75) is 19.4 Å². The maximum absolute atomic E-state index is 12.4. The summed E-state index contributed by atoms with van der Waals surface area (Å²) < 4.78 is 0. The van der Waals surface area contributed by atoms with Crippen molar-refractivity contribution < 1.29 is 9.59 Å². The summed E-state index contributed by atoms with van der Waals surface area (Å²) in [4.78, 5) is 26.7. The Balaban J connectivity index is 1.40. The van der Waals surface area contributed by atoms with E-state index in [1.807, 2.05) is 24.3 Å². The van der Waals surface area contributed by atoms with Crippen LogP contribution >= 0.6 is 34.8 Å². The fraction of sp³-hybridized carbons (Fsp3) is 0.333. The fourth-order valence-electron chi connectivity index (χ4n) is 3.27. The molecule has 0 saturated carbocycles. The Bertz CT molecular complexity index is 866. The second-order valence-corrected chi connectivity index (χ2v) is 8.32. The van der Waals surface area contributed by atoms with Crippen LogP contribution in [0.4, 0.5) is 5.69 Å². The van der Waals surface area contributed by atoms with Crippen LogP contribution < -0.4 is 10.6 Å². The zero-order valence-electron chi connectivity index (χ0n) is 15.8. The molecule has 0 radical (unpaired) electrons. The monoisotopic (exact) mass is 453 g/mol. The molecular weight excluding hydrogens is 433 g/mol. The van der Waals surface area contributed by atoms with Crippen molar-refractivity contribution >= 4 is 52.3 Å². The Morgan fingerprint density at radius 2 is 1.66 bits per heavy atom. The van der Waals surface area contributed by atoms with Crippen molar-refractivity contribution in [3.63, 3.8) is 0 Å². The predicted octanol–water partition coefficient (Wildman–Crippen LogP) is 4.61. The number of likely N-dealkylation sites (tertiary alicyclic amines) is 1. The van der Waals surface area contributed by atoms with Crippen LogP contribution in [0.5, 0.6) is 0 Å². The van der Waals surface area contributed by atoms with Gasteiger partial charge >= 0.3 is 0 Å². The number of carbonyl (C=O) groups is 2. The van der Waals surface area contributed by atoms with Crippen LogP contribution in [0.2, 0.25) is 15.1 Å². The van der Waals surface area contributed by atoms with Crippen molar-refractivity contribution in [3.05, 3.63) is 63.1 Å². The van der Waals surface area contributed by atoms with Gasteiger partial charge in [-0.2, -0.15) is 0 Å². The Morgan fingerprint density at radius 1 is 0.966 bits per heavy atom. The van der Waals surface area contributed by atoms with Crippen molar-refractivity contribution in [3.8, 4) is 0 Å². The smallest absolute Gasteiger partial charge is 0.238 e. The van der Waals surface area contributed by atoms with E-state index in [9.17, 15) is 9.59 Å². The molecule has 0 unspecified atom stereocenters. The predicted molar refractivity (Wildman–Crippen MR) is 118 cm³/mol. The van der Waals surface area contributed by atoms with Crippen LogP contribution in [0.3, 0.4) is 0 Å². The molecule has 29 heavy (non-hydrogen) atoms. The molecule has 0 spiro atoms. The normalized spacial score (nSPS) is 15.1. The quantitative estimate of drug-likeness (QED) is 0.670. The Labute approximate surface area is 185 Å². The highest BCUT2D eigenvalue weighted by atomic mass is 35.5. The standard InChI is InChI=1S/C21H22Cl3N3O2/c22-16-3-1-14(2-4-16)12-25-21(29)15-7-9-27(10-8-15)13-20(28)26-17-5-6-18(23)19(24)11-17/h1-6,11,15H,7-10,12-13H2,(H,25,29)(H,26,28). The summed E-state index contributed by atoms with van der Waals surface area (Å²) in [5, 5.41) is 7.32. The third-order valence-electron chi connectivity index (χ3n) is 4.91. The summed E-state index contributed by atoms with van der Waals surface area (Å²) in [6.45, 7) is 2.17. The van der Waals surface area contributed by atoms with Crippen molar-refractivity contribution in [1.29, 1.82) is 0 Å². The van der Waals surface area contributed by atoms with Gasteiger partial charge in [-0.25, -0.2) is 0 Å². The molecule has 0 aliphatic carbocycles. The molecule has 1 aliphatic rings. The average Bonchev–Trinajstić information content (AvgIpc) is 2.70. The van der Waals surface area contributed by atoms with E-state index in [2.05, 4.69) is 15.5 Å². The van der Waals surface area contributed by atoms with E-state index in [4.69, 9.17) is 34.8 Å². The van der Waals surface area contributed by atoms with Crippen LogP contribution in [0, 0.1) is 5.92 Å². The largest absolute Gasteiger partial charge is 0.352 e. The van der Waals surface area contributed by atoms with Crippen LogP contribution in [-0.2, 0) is 16.1 Å². The average molecular weight is 455 g/mol. The summed E-state index contributed by atoms with van der Waals surface area (Å²) in [5.74, 6) is -0.0921. The first-order chi connectivity index (χ1) is 13.9. The molecule has 0 aromatic heterocycles. The lowest BCUT2D eigenvalue weighted by Crippen LogP contribution is -2.43. The SMILES string of the molecule is O=C(CN1CCC(C(=O)NCc2ccc(Cl)cc2)CC1)Nc1ccc(Cl)c(Cl)c1. The number of hydrogen-bond donors (Lipinski definition) is 2. The number of anilines is 1. The van der Waals surface area contributed by atoms with Gasteiger partial charge in [0.05, 0.1) is 16.6 Å². The van der Waals surface area contributed by atoms with Crippen molar-refractivity contribution in [1.82, 2.24) is 10.2 Å². The number of nitrogens with zero attached hydrogens (tertiary/aromatic N) is 1. The van der Waals surface area contributed by atoms with Crippen LogP contribution in [0.15, 0.2) is 42.5 Å². The van der Waals surface area contributed by atoms with E-state index in [-0.39, 0.29) is 24.3 Å². The van der Waals surface area contributed by atoms with Crippen molar-refractivity contribution in [2.24, 2.45) is 5.92 Å². The van der Waals surface area contributed by atoms with Crippen LogP contribution in [0.1, 0.15) is 18.4 Å². The van der Waals surface area contributed by atoms with Crippen molar-refractivity contribution in [2.75, 3.05) is 25.0 Å². The lowest BCUT2D eigenvalue weighted by atomic mass is 9.96. The fourth-order valence-corrected chi connectivity index (χ4v) is 3.69. The maximum Gasteiger partial charge on any atom is 0.238 e. The number of piperidine rings is 1. The topological polar surface area (TPSA) is 61.4 Å². The zero-order valence-corrected chi connectivity index (χ0v) is 18.0. The number of amides is 2. The molecule has 2 aromatic carbocycles. The molecule has 154 valence electrons. The molecule has 0 bridgehead atoms. The number of nitrogens with one attached hydrogen (secondary N) is 2. The van der Waals surface area contributed by atoms with E-state index in [0.29, 0.717) is 40.4 Å². The maximum atomic E-state index is 12.4. The Morgan fingerprint density at radius 3 is 2.31 bits per heavy atom. The molecule has 8 heteroatoms. The minimum Gasteiger partial charge on any atom is -0.352 e. The van der Waals surface area contributed by atoms with Crippen LogP contribution in [-0.4, -0.2) is 36.3 Å². The minimum absolute atomic E-state index is 0.0308. The number of benzene rings is 2. The number of halogens is 3. The van der Waals surface area contributed by atoms with E-state index in [1.54, 1.807) is 18.2 Å². The van der Waals surface area contributed by atoms with E-state index in [0.717, 1.165) is 18.4 Å². The molecule has 0 atom stereocenters. The van der Waals surface area contributed by atoms with Gasteiger partial charge < -0.3 is 10.6 Å². The Hall–Kier alpha value is -1.79. The highest BCUT2D eigenvalue weighted by Gasteiger charge is 2.25. The van der Waals surface area contributed by atoms with Gasteiger partial charge in [-0.3, -0.25) is 14.5 Å². The summed E-state index contributed by atoms with van der Waals surface area (Å²) in [5.41, 5.74) is 1.63.